The summed E-state index contributed by atoms with van der Waals surface area (Å²) in [4.78, 5) is 16.6. The molecule has 1 amide bonds. The fraction of sp³-hybridized carbons (Fsp3) is 0.526. The van der Waals surface area contributed by atoms with Crippen molar-refractivity contribution in [2.24, 2.45) is 5.92 Å². The average Bonchev–Trinajstić information content (AvgIpc) is 2.83. The molecule has 2 fully saturated rings. The molecule has 0 N–H and O–H groups in total. The Labute approximate surface area is 137 Å². The predicted molar refractivity (Wildman–Crippen MR) is 88.2 cm³/mol. The van der Waals surface area contributed by atoms with Crippen molar-refractivity contribution < 1.29 is 9.18 Å². The van der Waals surface area contributed by atoms with E-state index in [0.717, 1.165) is 31.6 Å². The number of piperidine rings is 1. The smallest absolute Gasteiger partial charge is 0.227 e. The number of benzene rings is 1. The van der Waals surface area contributed by atoms with Gasteiger partial charge in [-0.3, -0.25) is 4.79 Å². The lowest BCUT2D eigenvalue weighted by Crippen LogP contribution is -2.37. The lowest BCUT2D eigenvalue weighted by molar-refractivity contribution is -0.130. The highest BCUT2D eigenvalue weighted by molar-refractivity contribution is 5.82. The van der Waals surface area contributed by atoms with E-state index in [1.807, 2.05) is 7.05 Å². The third-order valence-electron chi connectivity index (χ3n) is 4.83. The fourth-order valence-electron chi connectivity index (χ4n) is 3.43. The molecule has 4 heteroatoms. The quantitative estimate of drug-likeness (QED) is 0.783. The second-order valence-corrected chi connectivity index (χ2v) is 6.54. The fourth-order valence-corrected chi connectivity index (χ4v) is 3.43. The number of likely N-dealkylation sites (tertiary alicyclic amines) is 2. The van der Waals surface area contributed by atoms with Crippen molar-refractivity contribution in [1.29, 1.82) is 0 Å². The molecule has 0 aromatic heterocycles. The number of amides is 1. The van der Waals surface area contributed by atoms with Gasteiger partial charge < -0.3 is 9.80 Å². The minimum Gasteiger partial charge on any atom is -0.332 e. The van der Waals surface area contributed by atoms with Crippen LogP contribution in [0.25, 0.3) is 0 Å². The lowest BCUT2D eigenvalue weighted by atomic mass is 10.0. The maximum absolute atomic E-state index is 12.9. The summed E-state index contributed by atoms with van der Waals surface area (Å²) < 4.78 is 12.9. The predicted octanol–water partition coefficient (Wildman–Crippen LogP) is 2.51. The van der Waals surface area contributed by atoms with Crippen LogP contribution in [0.1, 0.15) is 31.2 Å². The first-order chi connectivity index (χ1) is 11.1. The maximum atomic E-state index is 12.9. The van der Waals surface area contributed by atoms with Crippen LogP contribution >= 0.6 is 0 Å². The van der Waals surface area contributed by atoms with Crippen molar-refractivity contribution in [3.05, 3.63) is 35.6 Å². The molecule has 3 rings (SSSR count). The number of carbonyl (C=O) groups excluding carboxylic acids is 1. The molecule has 0 saturated carbocycles. The Morgan fingerprint density at radius 1 is 1.17 bits per heavy atom. The van der Waals surface area contributed by atoms with Gasteiger partial charge in [0.15, 0.2) is 0 Å². The molecule has 122 valence electrons. The van der Waals surface area contributed by atoms with Crippen molar-refractivity contribution >= 4 is 5.91 Å². The number of hydrogen-bond acceptors (Lipinski definition) is 2. The second kappa shape index (κ2) is 7.14. The van der Waals surface area contributed by atoms with Crippen LogP contribution in [0.3, 0.4) is 0 Å². The molecular weight excluding hydrogens is 291 g/mol. The molecule has 2 heterocycles. The number of carbonyl (C=O) groups is 1. The molecule has 1 aromatic rings. The highest BCUT2D eigenvalue weighted by Gasteiger charge is 2.37. The molecule has 23 heavy (non-hydrogen) atoms. The third kappa shape index (κ3) is 3.92. The van der Waals surface area contributed by atoms with Gasteiger partial charge in [-0.2, -0.15) is 0 Å². The van der Waals surface area contributed by atoms with E-state index in [2.05, 4.69) is 16.7 Å². The van der Waals surface area contributed by atoms with E-state index in [9.17, 15) is 9.18 Å². The van der Waals surface area contributed by atoms with E-state index in [4.69, 9.17) is 0 Å². The normalized spacial score (nSPS) is 25.3. The monoisotopic (exact) mass is 314 g/mol. The molecular formula is C19H23FN2O. The average molecular weight is 314 g/mol. The van der Waals surface area contributed by atoms with E-state index >= 15 is 0 Å². The van der Waals surface area contributed by atoms with Gasteiger partial charge in [0, 0.05) is 19.2 Å². The summed E-state index contributed by atoms with van der Waals surface area (Å²) in [6.07, 6.45) is 4.58. The summed E-state index contributed by atoms with van der Waals surface area (Å²) in [7, 11) is 1.84. The minimum atomic E-state index is -0.259. The zero-order valence-electron chi connectivity index (χ0n) is 13.6. The first-order valence-corrected chi connectivity index (χ1v) is 8.39. The topological polar surface area (TPSA) is 23.6 Å². The Bertz CT molecular complexity index is 610. The number of nitrogens with zero attached hydrogens (tertiary/aromatic N) is 2. The molecule has 1 aromatic carbocycles. The van der Waals surface area contributed by atoms with Crippen LogP contribution in [0.2, 0.25) is 0 Å². The minimum absolute atomic E-state index is 0.0395. The standard InChI is InChI=1S/C19H23FN2O/c1-21-18(10-7-15-5-8-17(20)9-6-15)13-16(19(21)23)14-22-11-3-2-4-12-22/h5-6,8-9,16,18H,2-4,11-14H2,1H3. The number of rotatable bonds is 2. The second-order valence-electron chi connectivity index (χ2n) is 6.54. The molecule has 2 unspecified atom stereocenters. The van der Waals surface area contributed by atoms with Crippen LogP contribution in [0, 0.1) is 23.6 Å². The highest BCUT2D eigenvalue weighted by atomic mass is 19.1. The number of halogens is 1. The Morgan fingerprint density at radius 3 is 2.57 bits per heavy atom. The summed E-state index contributed by atoms with van der Waals surface area (Å²) in [6.45, 7) is 3.08. The summed E-state index contributed by atoms with van der Waals surface area (Å²) in [5.74, 6) is 6.25. The van der Waals surface area contributed by atoms with Crippen molar-refractivity contribution in [2.75, 3.05) is 26.7 Å². The van der Waals surface area contributed by atoms with Crippen LogP contribution in [0.15, 0.2) is 24.3 Å². The van der Waals surface area contributed by atoms with E-state index in [0.29, 0.717) is 0 Å². The van der Waals surface area contributed by atoms with Gasteiger partial charge in [0.2, 0.25) is 5.91 Å². The summed E-state index contributed by atoms with van der Waals surface area (Å²) in [5.41, 5.74) is 0.784. The zero-order chi connectivity index (χ0) is 16.2. The van der Waals surface area contributed by atoms with Crippen LogP contribution in [-0.4, -0.2) is 48.4 Å². The Kier molecular flexibility index (Phi) is 4.97. The van der Waals surface area contributed by atoms with Gasteiger partial charge in [-0.1, -0.05) is 18.3 Å². The Morgan fingerprint density at radius 2 is 1.87 bits per heavy atom. The van der Waals surface area contributed by atoms with Gasteiger partial charge in [0.25, 0.3) is 0 Å². The van der Waals surface area contributed by atoms with E-state index < -0.39 is 0 Å². The molecule has 2 aliphatic rings. The zero-order valence-corrected chi connectivity index (χ0v) is 13.6. The molecule has 0 bridgehead atoms. The van der Waals surface area contributed by atoms with Crippen LogP contribution in [0.5, 0.6) is 0 Å². The van der Waals surface area contributed by atoms with Gasteiger partial charge in [-0.15, -0.1) is 0 Å². The van der Waals surface area contributed by atoms with E-state index in [-0.39, 0.29) is 23.7 Å². The molecule has 2 saturated heterocycles. The van der Waals surface area contributed by atoms with E-state index in [1.54, 1.807) is 17.0 Å². The van der Waals surface area contributed by atoms with Crippen molar-refractivity contribution in [3.8, 4) is 11.8 Å². The summed E-state index contributed by atoms with van der Waals surface area (Å²) in [6, 6.07) is 6.12. The third-order valence-corrected chi connectivity index (χ3v) is 4.83. The lowest BCUT2D eigenvalue weighted by Gasteiger charge is -2.28. The Hall–Kier alpha value is -1.86. The number of hydrogen-bond donors (Lipinski definition) is 0. The van der Waals surface area contributed by atoms with Gasteiger partial charge in [-0.05, 0) is 56.6 Å². The summed E-state index contributed by atoms with van der Waals surface area (Å²) in [5, 5.41) is 0. The highest BCUT2D eigenvalue weighted by Crippen LogP contribution is 2.25. The SMILES string of the molecule is CN1C(=O)C(CN2CCCCC2)CC1C#Cc1ccc(F)cc1. The first kappa shape index (κ1) is 16.0. The van der Waals surface area contributed by atoms with Crippen LogP contribution in [-0.2, 0) is 4.79 Å². The summed E-state index contributed by atoms with van der Waals surface area (Å²) >= 11 is 0. The molecule has 0 spiro atoms. The van der Waals surface area contributed by atoms with Crippen LogP contribution < -0.4 is 0 Å². The van der Waals surface area contributed by atoms with Crippen molar-refractivity contribution in [3.63, 3.8) is 0 Å². The van der Waals surface area contributed by atoms with Gasteiger partial charge in [0.1, 0.15) is 5.82 Å². The molecule has 0 aliphatic carbocycles. The van der Waals surface area contributed by atoms with Crippen molar-refractivity contribution in [1.82, 2.24) is 9.80 Å². The molecule has 0 radical (unpaired) electrons. The molecule has 2 aliphatic heterocycles. The molecule has 3 nitrogen and oxygen atoms in total. The van der Waals surface area contributed by atoms with Crippen LogP contribution in [0.4, 0.5) is 4.39 Å². The van der Waals surface area contributed by atoms with Crippen molar-refractivity contribution in [2.45, 2.75) is 31.7 Å². The van der Waals surface area contributed by atoms with E-state index in [1.165, 1.54) is 31.4 Å². The largest absolute Gasteiger partial charge is 0.332 e. The van der Waals surface area contributed by atoms with Gasteiger partial charge >= 0.3 is 0 Å². The van der Waals surface area contributed by atoms with Gasteiger partial charge in [-0.25, -0.2) is 4.39 Å². The first-order valence-electron chi connectivity index (χ1n) is 8.39. The van der Waals surface area contributed by atoms with Gasteiger partial charge in [0.05, 0.1) is 12.0 Å². The maximum Gasteiger partial charge on any atom is 0.227 e. The Balaban J connectivity index is 1.63. The molecule has 2 atom stereocenters.